The number of methoxy groups -OCH3 is 1. The molecule has 1 aliphatic carbocycles. The van der Waals surface area contributed by atoms with E-state index >= 15 is 0 Å². The highest BCUT2D eigenvalue weighted by molar-refractivity contribution is 5.97. The summed E-state index contributed by atoms with van der Waals surface area (Å²) in [5.74, 6) is 1.28. The van der Waals surface area contributed by atoms with Crippen LogP contribution in [0.4, 0.5) is 0 Å². The van der Waals surface area contributed by atoms with E-state index in [-0.39, 0.29) is 16.7 Å². The van der Waals surface area contributed by atoms with E-state index in [1.54, 1.807) is 7.11 Å². The van der Waals surface area contributed by atoms with E-state index < -0.39 is 0 Å². The largest absolute Gasteiger partial charge is 0.496 e. The molecule has 25 heavy (non-hydrogen) atoms. The number of nitrogens with one attached hydrogen (secondary N) is 1. The third-order valence-electron chi connectivity index (χ3n) is 5.23. The minimum atomic E-state index is -0.0324. The van der Waals surface area contributed by atoms with Crippen molar-refractivity contribution >= 4 is 5.91 Å². The second-order valence-electron chi connectivity index (χ2n) is 9.46. The van der Waals surface area contributed by atoms with Gasteiger partial charge in [-0.15, -0.1) is 0 Å². The summed E-state index contributed by atoms with van der Waals surface area (Å²) in [6.45, 7) is 14.0. The van der Waals surface area contributed by atoms with Gasteiger partial charge in [0.05, 0.1) is 12.7 Å². The van der Waals surface area contributed by atoms with Crippen molar-refractivity contribution in [3.8, 4) is 5.75 Å². The lowest BCUT2D eigenvalue weighted by atomic mass is 9.74. The van der Waals surface area contributed by atoms with E-state index in [9.17, 15) is 4.79 Å². The highest BCUT2D eigenvalue weighted by Gasteiger charge is 2.28. The molecule has 0 radical (unpaired) electrons. The van der Waals surface area contributed by atoms with Crippen LogP contribution < -0.4 is 10.1 Å². The quantitative estimate of drug-likeness (QED) is 0.813. The van der Waals surface area contributed by atoms with Gasteiger partial charge < -0.3 is 10.1 Å². The van der Waals surface area contributed by atoms with Gasteiger partial charge in [-0.25, -0.2) is 0 Å². The summed E-state index contributed by atoms with van der Waals surface area (Å²) in [5, 5.41) is 3.13. The van der Waals surface area contributed by atoms with Crippen molar-refractivity contribution in [1.82, 2.24) is 5.32 Å². The van der Waals surface area contributed by atoms with Crippen molar-refractivity contribution in [2.75, 3.05) is 13.7 Å². The van der Waals surface area contributed by atoms with Gasteiger partial charge >= 0.3 is 0 Å². The van der Waals surface area contributed by atoms with Crippen LogP contribution in [0.25, 0.3) is 0 Å². The Bertz CT molecular complexity index is 614. The predicted octanol–water partition coefficient (Wildman–Crippen LogP) is 5.21. The average Bonchev–Trinajstić information content (AvgIpc) is 3.02. The van der Waals surface area contributed by atoms with Gasteiger partial charge in [0.2, 0.25) is 0 Å². The molecule has 1 aliphatic rings. The van der Waals surface area contributed by atoms with Gasteiger partial charge in [0, 0.05) is 6.54 Å². The lowest BCUT2D eigenvalue weighted by Gasteiger charge is -2.31. The Labute approximate surface area is 153 Å². The molecular weight excluding hydrogens is 310 g/mol. The molecule has 1 aromatic carbocycles. The Morgan fingerprint density at radius 3 is 2.04 bits per heavy atom. The van der Waals surface area contributed by atoms with Gasteiger partial charge in [0.1, 0.15) is 5.75 Å². The van der Waals surface area contributed by atoms with Gasteiger partial charge in [0.15, 0.2) is 0 Å². The second-order valence-corrected chi connectivity index (χ2v) is 9.46. The summed E-state index contributed by atoms with van der Waals surface area (Å²) >= 11 is 0. The molecule has 1 aromatic rings. The smallest absolute Gasteiger partial charge is 0.255 e. The third-order valence-corrected chi connectivity index (χ3v) is 5.23. The van der Waals surface area contributed by atoms with Crippen LogP contribution in [-0.2, 0) is 10.8 Å². The molecule has 0 spiro atoms. The molecule has 3 heteroatoms. The summed E-state index contributed by atoms with van der Waals surface area (Å²) in [5.41, 5.74) is 3.07. The van der Waals surface area contributed by atoms with Crippen molar-refractivity contribution in [3.05, 3.63) is 28.8 Å². The zero-order valence-electron chi connectivity index (χ0n) is 17.1. The predicted molar refractivity (Wildman–Crippen MR) is 105 cm³/mol. The molecule has 0 unspecified atom stereocenters. The van der Waals surface area contributed by atoms with Crippen molar-refractivity contribution in [3.63, 3.8) is 0 Å². The molecule has 140 valence electrons. The summed E-state index contributed by atoms with van der Waals surface area (Å²) in [6, 6.07) is 4.11. The topological polar surface area (TPSA) is 38.3 Å². The molecule has 0 aromatic heterocycles. The highest BCUT2D eigenvalue weighted by Crippen LogP contribution is 2.38. The number of amides is 1. The number of rotatable bonds is 4. The lowest BCUT2D eigenvalue weighted by molar-refractivity contribution is 0.0944. The number of hydrogen-bond donors (Lipinski definition) is 1. The maximum absolute atomic E-state index is 12.8. The first kappa shape index (κ1) is 19.8. The molecule has 1 fully saturated rings. The van der Waals surface area contributed by atoms with Crippen molar-refractivity contribution < 1.29 is 9.53 Å². The van der Waals surface area contributed by atoms with Gasteiger partial charge in [-0.05, 0) is 52.8 Å². The van der Waals surface area contributed by atoms with Crippen LogP contribution in [0.15, 0.2) is 12.1 Å². The molecule has 1 amide bonds. The van der Waals surface area contributed by atoms with Crippen LogP contribution in [0.3, 0.4) is 0 Å². The van der Waals surface area contributed by atoms with E-state index in [4.69, 9.17) is 4.74 Å². The fraction of sp³-hybridized carbons (Fsp3) is 0.682. The van der Waals surface area contributed by atoms with Gasteiger partial charge in [-0.2, -0.15) is 0 Å². The molecule has 0 aliphatic heterocycles. The molecule has 2 rings (SSSR count). The molecular formula is C22H35NO2. The Morgan fingerprint density at radius 1 is 1.04 bits per heavy atom. The van der Waals surface area contributed by atoms with Crippen LogP contribution in [0, 0.1) is 5.92 Å². The monoisotopic (exact) mass is 345 g/mol. The standard InChI is InChI=1S/C22H35NO2/c1-21(2,3)17-12-16(19(25-7)13-18(17)22(4,5)6)20(24)23-14-15-10-8-9-11-15/h12-13,15H,8-11,14H2,1-7H3,(H,23,24). The SMILES string of the molecule is COc1cc(C(C)(C)C)c(C(C)(C)C)cc1C(=O)NCC1CCCC1. The van der Waals surface area contributed by atoms with Gasteiger partial charge in [-0.1, -0.05) is 54.4 Å². The zero-order chi connectivity index (χ0) is 18.8. The molecule has 0 saturated heterocycles. The van der Waals surface area contributed by atoms with Crippen LogP contribution in [0.5, 0.6) is 5.75 Å². The van der Waals surface area contributed by atoms with Gasteiger partial charge in [-0.3, -0.25) is 4.79 Å². The number of benzene rings is 1. The number of carbonyl (C=O) groups excluding carboxylic acids is 1. The molecule has 3 nitrogen and oxygen atoms in total. The Balaban J connectivity index is 2.37. The van der Waals surface area contributed by atoms with Crippen LogP contribution >= 0.6 is 0 Å². The Morgan fingerprint density at radius 2 is 1.56 bits per heavy atom. The second kappa shape index (κ2) is 7.39. The lowest BCUT2D eigenvalue weighted by Crippen LogP contribution is -2.30. The van der Waals surface area contributed by atoms with Gasteiger partial charge in [0.25, 0.3) is 5.91 Å². The number of carbonyl (C=O) groups is 1. The molecule has 0 atom stereocenters. The minimum Gasteiger partial charge on any atom is -0.496 e. The van der Waals surface area contributed by atoms with Crippen LogP contribution in [0.2, 0.25) is 0 Å². The number of hydrogen-bond acceptors (Lipinski definition) is 2. The first-order chi connectivity index (χ1) is 11.5. The first-order valence-corrected chi connectivity index (χ1v) is 9.55. The van der Waals surface area contributed by atoms with Crippen LogP contribution in [0.1, 0.15) is 88.7 Å². The Hall–Kier alpha value is -1.51. The van der Waals surface area contributed by atoms with Crippen molar-refractivity contribution in [1.29, 1.82) is 0 Å². The summed E-state index contributed by atoms with van der Waals surface area (Å²) in [6.07, 6.45) is 5.04. The normalized spacial score (nSPS) is 16.1. The summed E-state index contributed by atoms with van der Waals surface area (Å²) in [7, 11) is 1.65. The third kappa shape index (κ3) is 4.77. The molecule has 1 saturated carbocycles. The first-order valence-electron chi connectivity index (χ1n) is 9.55. The fourth-order valence-electron chi connectivity index (χ4n) is 3.71. The summed E-state index contributed by atoms with van der Waals surface area (Å²) in [4.78, 5) is 12.8. The number of ether oxygens (including phenoxy) is 1. The van der Waals surface area contributed by atoms with E-state index in [2.05, 4.69) is 52.9 Å². The van der Waals surface area contributed by atoms with Crippen molar-refractivity contribution in [2.24, 2.45) is 5.92 Å². The average molecular weight is 346 g/mol. The van der Waals surface area contributed by atoms with Crippen LogP contribution in [-0.4, -0.2) is 19.6 Å². The molecule has 0 heterocycles. The maximum atomic E-state index is 12.8. The van der Waals surface area contributed by atoms with Crippen molar-refractivity contribution in [2.45, 2.75) is 78.1 Å². The molecule has 1 N–H and O–H groups in total. The Kier molecular flexibility index (Phi) is 5.86. The van der Waals surface area contributed by atoms with E-state index in [0.717, 1.165) is 6.54 Å². The van der Waals surface area contributed by atoms with E-state index in [1.165, 1.54) is 36.8 Å². The van der Waals surface area contributed by atoms with E-state index in [0.29, 0.717) is 17.2 Å². The maximum Gasteiger partial charge on any atom is 0.255 e. The summed E-state index contributed by atoms with van der Waals surface area (Å²) < 4.78 is 5.58. The minimum absolute atomic E-state index is 0.00521. The van der Waals surface area contributed by atoms with E-state index in [1.807, 2.05) is 6.07 Å². The zero-order valence-corrected chi connectivity index (χ0v) is 17.1. The molecule has 0 bridgehead atoms. The fourth-order valence-corrected chi connectivity index (χ4v) is 3.71. The highest BCUT2D eigenvalue weighted by atomic mass is 16.5.